The molecule has 0 saturated carbocycles. The first-order valence-corrected chi connectivity index (χ1v) is 4.36. The van der Waals surface area contributed by atoms with Gasteiger partial charge in [0.15, 0.2) is 0 Å². The van der Waals surface area contributed by atoms with Crippen molar-refractivity contribution in [3.05, 3.63) is 25.3 Å². The molecule has 1 aromatic rings. The van der Waals surface area contributed by atoms with Crippen LogP contribution in [0.15, 0.2) is 15.1 Å². The number of nitro groups is 1. The molecule has 0 aliphatic rings. The molecule has 0 aromatic carbocycles. The van der Waals surface area contributed by atoms with E-state index in [2.05, 4.69) is 36.8 Å². The summed E-state index contributed by atoms with van der Waals surface area (Å²) in [6, 6.07) is 0. The molecule has 0 saturated heterocycles. The molecule has 1 rings (SSSR count). The number of aromatic nitrogens is 1. The summed E-state index contributed by atoms with van der Waals surface area (Å²) < 4.78 is 0.705. The van der Waals surface area contributed by atoms with Crippen LogP contribution in [0.4, 0.5) is 11.5 Å². The number of hydrogen-bond acceptors (Lipinski definition) is 4. The lowest BCUT2D eigenvalue weighted by molar-refractivity contribution is -0.386. The van der Waals surface area contributed by atoms with Crippen LogP contribution in [-0.4, -0.2) is 9.91 Å². The Bertz CT molecular complexity index is 342. The minimum atomic E-state index is -0.540. The Kier molecular flexibility index (Phi) is 2.63. The predicted octanol–water partition coefficient (Wildman–Crippen LogP) is 2.10. The van der Waals surface area contributed by atoms with Gasteiger partial charge in [0.25, 0.3) is 0 Å². The number of pyridine rings is 1. The van der Waals surface area contributed by atoms with Gasteiger partial charge in [0.05, 0.1) is 9.40 Å². The minimum Gasteiger partial charge on any atom is -0.383 e. The first-order chi connectivity index (χ1) is 5.54. The van der Waals surface area contributed by atoms with E-state index in [1.54, 1.807) is 0 Å². The molecule has 64 valence electrons. The Labute approximate surface area is 84.4 Å². The monoisotopic (exact) mass is 295 g/mol. The fourth-order valence-electron chi connectivity index (χ4n) is 0.596. The van der Waals surface area contributed by atoms with Crippen LogP contribution < -0.4 is 5.73 Å². The third-order valence-electron chi connectivity index (χ3n) is 1.17. The average Bonchev–Trinajstić information content (AvgIpc) is 2.00. The van der Waals surface area contributed by atoms with Gasteiger partial charge in [-0.2, -0.15) is 0 Å². The van der Waals surface area contributed by atoms with Crippen LogP contribution in [-0.2, 0) is 0 Å². The van der Waals surface area contributed by atoms with E-state index in [1.165, 1.54) is 0 Å². The number of anilines is 1. The molecule has 0 atom stereocenters. The number of nitrogens with two attached hydrogens (primary N) is 1. The fourth-order valence-corrected chi connectivity index (χ4v) is 1.35. The SMILES string of the molecule is Nc1ncc([N+](=O)[O-])c(Br)c1Br. The molecule has 0 radical (unpaired) electrons. The number of hydrogen-bond donors (Lipinski definition) is 1. The Morgan fingerprint density at radius 1 is 1.50 bits per heavy atom. The Hall–Kier alpha value is -0.690. The van der Waals surface area contributed by atoms with E-state index in [0.717, 1.165) is 6.20 Å². The number of nitrogens with zero attached hydrogens (tertiary/aromatic N) is 2. The van der Waals surface area contributed by atoms with E-state index in [4.69, 9.17) is 5.73 Å². The van der Waals surface area contributed by atoms with Crippen LogP contribution in [0.2, 0.25) is 0 Å². The van der Waals surface area contributed by atoms with Gasteiger partial charge in [-0.1, -0.05) is 0 Å². The highest BCUT2D eigenvalue weighted by atomic mass is 79.9. The molecule has 12 heavy (non-hydrogen) atoms. The smallest absolute Gasteiger partial charge is 0.302 e. The molecule has 0 unspecified atom stereocenters. The zero-order valence-electron chi connectivity index (χ0n) is 5.62. The van der Waals surface area contributed by atoms with Crippen LogP contribution in [0, 0.1) is 10.1 Å². The maximum absolute atomic E-state index is 10.4. The summed E-state index contributed by atoms with van der Waals surface area (Å²) in [5, 5.41) is 10.4. The lowest BCUT2D eigenvalue weighted by atomic mass is 10.4. The van der Waals surface area contributed by atoms with Gasteiger partial charge in [-0.25, -0.2) is 4.98 Å². The third-order valence-corrected chi connectivity index (χ3v) is 3.30. The molecule has 0 bridgehead atoms. The summed E-state index contributed by atoms with van der Waals surface area (Å²) in [4.78, 5) is 13.4. The quantitative estimate of drug-likeness (QED) is 0.635. The van der Waals surface area contributed by atoms with Crippen molar-refractivity contribution in [2.45, 2.75) is 0 Å². The van der Waals surface area contributed by atoms with Gasteiger partial charge in [-0.3, -0.25) is 10.1 Å². The van der Waals surface area contributed by atoms with Crippen LogP contribution >= 0.6 is 31.9 Å². The van der Waals surface area contributed by atoms with Crippen molar-refractivity contribution in [2.24, 2.45) is 0 Å². The van der Waals surface area contributed by atoms with E-state index in [1.807, 2.05) is 0 Å². The van der Waals surface area contributed by atoms with Crippen molar-refractivity contribution in [1.29, 1.82) is 0 Å². The van der Waals surface area contributed by atoms with E-state index < -0.39 is 4.92 Å². The van der Waals surface area contributed by atoms with Gasteiger partial charge >= 0.3 is 5.69 Å². The fraction of sp³-hybridized carbons (Fsp3) is 0. The molecule has 2 N–H and O–H groups in total. The van der Waals surface area contributed by atoms with Gasteiger partial charge in [-0.05, 0) is 31.9 Å². The molecule has 5 nitrogen and oxygen atoms in total. The van der Waals surface area contributed by atoms with E-state index in [-0.39, 0.29) is 11.5 Å². The van der Waals surface area contributed by atoms with E-state index in [0.29, 0.717) is 8.95 Å². The molecule has 0 fully saturated rings. The molecule has 0 aliphatic carbocycles. The molecular formula is C5H3Br2N3O2. The lowest BCUT2D eigenvalue weighted by Gasteiger charge is -1.99. The lowest BCUT2D eigenvalue weighted by Crippen LogP contribution is -1.96. The molecule has 7 heteroatoms. The van der Waals surface area contributed by atoms with Gasteiger partial charge in [-0.15, -0.1) is 0 Å². The standard InChI is InChI=1S/C5H3Br2N3O2/c6-3-2(10(11)12)1-9-5(8)4(3)7/h1H,(H2,8,9). The van der Waals surface area contributed by atoms with Crippen LogP contribution in [0.1, 0.15) is 0 Å². The molecule has 0 amide bonds. The van der Waals surface area contributed by atoms with Crippen LogP contribution in [0.3, 0.4) is 0 Å². The van der Waals surface area contributed by atoms with Gasteiger partial charge in [0.1, 0.15) is 16.5 Å². The van der Waals surface area contributed by atoms with Gasteiger partial charge in [0.2, 0.25) is 0 Å². The normalized spacial score (nSPS) is 9.83. The second-order valence-electron chi connectivity index (χ2n) is 1.91. The largest absolute Gasteiger partial charge is 0.383 e. The Morgan fingerprint density at radius 2 is 2.08 bits per heavy atom. The highest BCUT2D eigenvalue weighted by molar-refractivity contribution is 9.13. The number of halogens is 2. The van der Waals surface area contributed by atoms with Crippen LogP contribution in [0.25, 0.3) is 0 Å². The van der Waals surface area contributed by atoms with E-state index in [9.17, 15) is 10.1 Å². The van der Waals surface area contributed by atoms with Crippen molar-refractivity contribution < 1.29 is 4.92 Å². The van der Waals surface area contributed by atoms with Crippen molar-refractivity contribution in [3.63, 3.8) is 0 Å². The summed E-state index contributed by atoms with van der Waals surface area (Å²) in [7, 11) is 0. The minimum absolute atomic E-state index is 0.115. The van der Waals surface area contributed by atoms with Crippen molar-refractivity contribution in [3.8, 4) is 0 Å². The summed E-state index contributed by atoms with van der Waals surface area (Å²) >= 11 is 6.08. The van der Waals surface area contributed by atoms with Gasteiger partial charge < -0.3 is 5.73 Å². The third kappa shape index (κ3) is 1.56. The maximum Gasteiger partial charge on any atom is 0.302 e. The molecule has 0 spiro atoms. The summed E-state index contributed by atoms with van der Waals surface area (Å²) in [5.74, 6) is 0.215. The van der Waals surface area contributed by atoms with E-state index >= 15 is 0 Å². The first kappa shape index (κ1) is 9.40. The molecule has 1 aromatic heterocycles. The topological polar surface area (TPSA) is 82.0 Å². The predicted molar refractivity (Wildman–Crippen MR) is 50.7 cm³/mol. The second kappa shape index (κ2) is 3.36. The Morgan fingerprint density at radius 3 is 2.58 bits per heavy atom. The van der Waals surface area contributed by atoms with Crippen molar-refractivity contribution in [2.75, 3.05) is 5.73 Å². The zero-order chi connectivity index (χ0) is 9.30. The average molecular weight is 297 g/mol. The highest BCUT2D eigenvalue weighted by Crippen LogP contribution is 2.34. The number of rotatable bonds is 1. The summed E-state index contributed by atoms with van der Waals surface area (Å²) in [6.07, 6.45) is 1.10. The van der Waals surface area contributed by atoms with Crippen LogP contribution in [0.5, 0.6) is 0 Å². The zero-order valence-corrected chi connectivity index (χ0v) is 8.79. The highest BCUT2D eigenvalue weighted by Gasteiger charge is 2.16. The maximum atomic E-state index is 10.4. The summed E-state index contributed by atoms with van der Waals surface area (Å²) in [5.41, 5.74) is 5.26. The van der Waals surface area contributed by atoms with Gasteiger partial charge in [0, 0.05) is 0 Å². The second-order valence-corrected chi connectivity index (χ2v) is 3.50. The summed E-state index contributed by atoms with van der Waals surface area (Å²) in [6.45, 7) is 0. The number of nitrogen functional groups attached to an aromatic ring is 1. The van der Waals surface area contributed by atoms with Crippen molar-refractivity contribution >= 4 is 43.4 Å². The molecule has 1 heterocycles. The first-order valence-electron chi connectivity index (χ1n) is 2.78. The molecular weight excluding hydrogens is 294 g/mol. The molecule has 0 aliphatic heterocycles. The van der Waals surface area contributed by atoms with Crippen molar-refractivity contribution in [1.82, 2.24) is 4.98 Å². The Balaban J connectivity index is 3.36.